The summed E-state index contributed by atoms with van der Waals surface area (Å²) in [6, 6.07) is 14.6. The third-order valence-corrected chi connectivity index (χ3v) is 3.81. The molecule has 4 rings (SSSR count). The van der Waals surface area contributed by atoms with Crippen molar-refractivity contribution in [2.24, 2.45) is 0 Å². The zero-order valence-electron chi connectivity index (χ0n) is 10.8. The molecule has 0 amide bonds. The predicted octanol–water partition coefficient (Wildman–Crippen LogP) is 3.27. The Morgan fingerprint density at radius 2 is 2.05 bits per heavy atom. The summed E-state index contributed by atoms with van der Waals surface area (Å²) < 4.78 is 7.61. The van der Waals surface area contributed by atoms with Crippen LogP contribution < -0.4 is 4.74 Å². The van der Waals surface area contributed by atoms with Crippen LogP contribution in [0.15, 0.2) is 42.5 Å². The number of aryl methyl sites for hydroxylation is 2. The zero-order chi connectivity index (χ0) is 12.8. The highest BCUT2D eigenvalue weighted by molar-refractivity contribution is 5.82. The van der Waals surface area contributed by atoms with Crippen molar-refractivity contribution in [3.05, 3.63) is 48.0 Å². The van der Waals surface area contributed by atoms with Crippen molar-refractivity contribution in [3.8, 4) is 17.1 Å². The number of rotatable bonds is 1. The molecule has 0 bridgehead atoms. The third-order valence-electron chi connectivity index (χ3n) is 3.81. The van der Waals surface area contributed by atoms with Gasteiger partial charge in [0, 0.05) is 12.1 Å². The molecule has 0 fully saturated rings. The lowest BCUT2D eigenvalue weighted by Gasteiger charge is -2.19. The number of ether oxygens (including phenoxy) is 1. The number of hydrogen-bond donors (Lipinski definition) is 0. The fraction of sp³-hybridized carbons (Fsp3) is 0.188. The fourth-order valence-electron chi connectivity index (χ4n) is 2.86. The van der Waals surface area contributed by atoms with Crippen LogP contribution in [0.25, 0.3) is 22.4 Å². The second-order valence-corrected chi connectivity index (χ2v) is 4.85. The Morgan fingerprint density at radius 3 is 2.95 bits per heavy atom. The lowest BCUT2D eigenvalue weighted by molar-refractivity contribution is 0.414. The molecule has 3 nitrogen and oxygen atoms in total. The molecule has 0 aliphatic carbocycles. The van der Waals surface area contributed by atoms with Crippen LogP contribution in [0.5, 0.6) is 5.75 Å². The first-order valence-electron chi connectivity index (χ1n) is 6.49. The van der Waals surface area contributed by atoms with Crippen LogP contribution in [0.3, 0.4) is 0 Å². The molecule has 2 aromatic carbocycles. The summed E-state index contributed by atoms with van der Waals surface area (Å²) in [5.74, 6) is 1.99. The minimum absolute atomic E-state index is 0.920. The summed E-state index contributed by atoms with van der Waals surface area (Å²) >= 11 is 0. The van der Waals surface area contributed by atoms with Gasteiger partial charge < -0.3 is 9.30 Å². The van der Waals surface area contributed by atoms with E-state index < -0.39 is 0 Å². The van der Waals surface area contributed by atoms with E-state index in [0.29, 0.717) is 0 Å². The maximum atomic E-state index is 5.30. The van der Waals surface area contributed by atoms with Crippen LogP contribution in [0.4, 0.5) is 0 Å². The van der Waals surface area contributed by atoms with Crippen LogP contribution in [-0.4, -0.2) is 16.7 Å². The van der Waals surface area contributed by atoms with Gasteiger partial charge in [0.2, 0.25) is 0 Å². The molecular formula is C16H14N2O. The predicted molar refractivity (Wildman–Crippen MR) is 75.4 cm³/mol. The van der Waals surface area contributed by atoms with Gasteiger partial charge in [-0.15, -0.1) is 0 Å². The summed E-state index contributed by atoms with van der Waals surface area (Å²) in [6.07, 6.45) is 1.03. The third kappa shape index (κ3) is 1.48. The first-order chi connectivity index (χ1) is 9.36. The van der Waals surface area contributed by atoms with E-state index >= 15 is 0 Å². The van der Waals surface area contributed by atoms with Gasteiger partial charge in [-0.05, 0) is 42.3 Å². The average Bonchev–Trinajstić information content (AvgIpc) is 2.85. The molecule has 0 N–H and O–H groups in total. The summed E-state index contributed by atoms with van der Waals surface area (Å²) in [5, 5.41) is 0. The monoisotopic (exact) mass is 250 g/mol. The van der Waals surface area contributed by atoms with Crippen LogP contribution in [0.2, 0.25) is 0 Å². The fourth-order valence-corrected chi connectivity index (χ4v) is 2.86. The standard InChI is InChI=1S/C16H14N2O/c1-19-12-6-7-13-11(10-12)8-9-18-15-5-3-2-4-14(15)17-16(13)18/h2-7,10H,8-9H2,1H3. The van der Waals surface area contributed by atoms with Crippen molar-refractivity contribution < 1.29 is 4.74 Å². The van der Waals surface area contributed by atoms with Gasteiger partial charge in [0.05, 0.1) is 18.1 Å². The first kappa shape index (κ1) is 10.6. The number of para-hydroxylation sites is 2. The van der Waals surface area contributed by atoms with Crippen molar-refractivity contribution in [3.63, 3.8) is 0 Å². The molecule has 2 heterocycles. The molecule has 0 saturated heterocycles. The Labute approximate surface area is 111 Å². The molecule has 1 aromatic heterocycles. The Balaban J connectivity index is 1.99. The van der Waals surface area contributed by atoms with Crippen molar-refractivity contribution >= 4 is 11.0 Å². The highest BCUT2D eigenvalue weighted by Gasteiger charge is 2.20. The van der Waals surface area contributed by atoms with E-state index in [1.54, 1.807) is 7.11 Å². The molecule has 0 spiro atoms. The van der Waals surface area contributed by atoms with Gasteiger partial charge in [-0.1, -0.05) is 12.1 Å². The molecular weight excluding hydrogens is 236 g/mol. The second-order valence-electron chi connectivity index (χ2n) is 4.85. The molecule has 3 aromatic rings. The van der Waals surface area contributed by atoms with E-state index in [-0.39, 0.29) is 0 Å². The minimum Gasteiger partial charge on any atom is -0.497 e. The Bertz CT molecular complexity index is 774. The molecule has 1 aliphatic heterocycles. The number of methoxy groups -OCH3 is 1. The van der Waals surface area contributed by atoms with E-state index in [2.05, 4.69) is 34.9 Å². The SMILES string of the molecule is COc1ccc2c(c1)CCn1c-2nc2ccccc21. The molecule has 0 unspecified atom stereocenters. The van der Waals surface area contributed by atoms with E-state index in [4.69, 9.17) is 9.72 Å². The molecule has 94 valence electrons. The van der Waals surface area contributed by atoms with Gasteiger partial charge in [-0.3, -0.25) is 0 Å². The van der Waals surface area contributed by atoms with Crippen molar-refractivity contribution in [1.82, 2.24) is 9.55 Å². The highest BCUT2D eigenvalue weighted by Crippen LogP contribution is 2.33. The van der Waals surface area contributed by atoms with E-state index in [1.807, 2.05) is 12.1 Å². The maximum Gasteiger partial charge on any atom is 0.141 e. The van der Waals surface area contributed by atoms with Crippen LogP contribution in [0.1, 0.15) is 5.56 Å². The van der Waals surface area contributed by atoms with Crippen LogP contribution in [0, 0.1) is 0 Å². The van der Waals surface area contributed by atoms with Gasteiger partial charge in [0.25, 0.3) is 0 Å². The van der Waals surface area contributed by atoms with E-state index in [0.717, 1.165) is 30.1 Å². The Hall–Kier alpha value is -2.29. The number of hydrogen-bond acceptors (Lipinski definition) is 2. The second kappa shape index (κ2) is 3.85. The number of nitrogens with zero attached hydrogens (tertiary/aromatic N) is 2. The largest absolute Gasteiger partial charge is 0.497 e. The molecule has 0 radical (unpaired) electrons. The highest BCUT2D eigenvalue weighted by atomic mass is 16.5. The Kier molecular flexibility index (Phi) is 2.15. The number of fused-ring (bicyclic) bond motifs is 5. The topological polar surface area (TPSA) is 27.1 Å². The molecule has 19 heavy (non-hydrogen) atoms. The minimum atomic E-state index is 0.920. The lowest BCUT2D eigenvalue weighted by atomic mass is 10.0. The first-order valence-corrected chi connectivity index (χ1v) is 6.49. The molecule has 0 atom stereocenters. The van der Waals surface area contributed by atoms with Crippen molar-refractivity contribution in [1.29, 1.82) is 0 Å². The number of imidazole rings is 1. The van der Waals surface area contributed by atoms with Gasteiger partial charge in [0.1, 0.15) is 11.6 Å². The maximum absolute atomic E-state index is 5.30. The summed E-state index contributed by atoms with van der Waals surface area (Å²) in [4.78, 5) is 4.77. The van der Waals surface area contributed by atoms with Gasteiger partial charge in [-0.2, -0.15) is 0 Å². The molecule has 3 heteroatoms. The van der Waals surface area contributed by atoms with E-state index in [1.165, 1.54) is 16.6 Å². The molecule has 1 aliphatic rings. The summed E-state index contributed by atoms with van der Waals surface area (Å²) in [5.41, 5.74) is 4.84. The molecule has 0 saturated carbocycles. The van der Waals surface area contributed by atoms with Crippen LogP contribution in [-0.2, 0) is 13.0 Å². The van der Waals surface area contributed by atoms with Gasteiger partial charge in [0.15, 0.2) is 0 Å². The summed E-state index contributed by atoms with van der Waals surface area (Å²) in [7, 11) is 1.71. The zero-order valence-corrected chi connectivity index (χ0v) is 10.8. The summed E-state index contributed by atoms with van der Waals surface area (Å²) in [6.45, 7) is 0.982. The van der Waals surface area contributed by atoms with Crippen LogP contribution >= 0.6 is 0 Å². The van der Waals surface area contributed by atoms with Crippen molar-refractivity contribution in [2.75, 3.05) is 7.11 Å². The smallest absolute Gasteiger partial charge is 0.141 e. The normalized spacial score (nSPS) is 13.1. The van der Waals surface area contributed by atoms with E-state index in [9.17, 15) is 0 Å². The number of benzene rings is 2. The average molecular weight is 250 g/mol. The Morgan fingerprint density at radius 1 is 1.16 bits per heavy atom. The van der Waals surface area contributed by atoms with Crippen molar-refractivity contribution in [2.45, 2.75) is 13.0 Å². The van der Waals surface area contributed by atoms with Gasteiger partial charge >= 0.3 is 0 Å². The van der Waals surface area contributed by atoms with Gasteiger partial charge in [-0.25, -0.2) is 4.98 Å². The quantitative estimate of drug-likeness (QED) is 0.662. The lowest BCUT2D eigenvalue weighted by Crippen LogP contribution is -2.11. The number of aromatic nitrogens is 2.